The van der Waals surface area contributed by atoms with Gasteiger partial charge in [0.2, 0.25) is 12.5 Å². The monoisotopic (exact) mass is 282 g/mol. The summed E-state index contributed by atoms with van der Waals surface area (Å²) < 4.78 is 16.4. The Morgan fingerprint density at radius 3 is 3.05 bits per heavy atom. The molecule has 2 N–H and O–H groups in total. The van der Waals surface area contributed by atoms with E-state index in [9.17, 15) is 5.21 Å². The van der Waals surface area contributed by atoms with Crippen molar-refractivity contribution in [1.29, 1.82) is 0 Å². The van der Waals surface area contributed by atoms with E-state index in [0.29, 0.717) is 17.2 Å². The Balaban J connectivity index is 2.12. The summed E-state index contributed by atoms with van der Waals surface area (Å²) in [5.74, 6) is 1.86. The second-order valence-corrected chi connectivity index (χ2v) is 5.06. The molecule has 2 heterocycles. The van der Waals surface area contributed by atoms with Crippen LogP contribution in [0.3, 0.4) is 0 Å². The molecule has 7 heteroatoms. The number of benzene rings is 1. The van der Waals surface area contributed by atoms with Crippen molar-refractivity contribution >= 4 is 0 Å². The molecule has 0 radical (unpaired) electrons. The van der Waals surface area contributed by atoms with Crippen LogP contribution in [0.5, 0.6) is 17.2 Å². The van der Waals surface area contributed by atoms with Crippen LogP contribution in [-0.2, 0) is 6.42 Å². The molecule has 20 heavy (non-hydrogen) atoms. The van der Waals surface area contributed by atoms with E-state index in [2.05, 4.69) is 0 Å². The molecule has 2 atom stereocenters. The van der Waals surface area contributed by atoms with Crippen molar-refractivity contribution in [2.75, 3.05) is 34.0 Å². The number of hydrogen-bond acceptors (Lipinski definition) is 6. The Kier molecular flexibility index (Phi) is 3.43. The van der Waals surface area contributed by atoms with Crippen LogP contribution in [0, 0.1) is 5.21 Å². The molecule has 0 saturated heterocycles. The Bertz CT molecular complexity index is 520. The zero-order valence-electron chi connectivity index (χ0n) is 11.5. The molecule has 3 rings (SSSR count). The predicted molar refractivity (Wildman–Crippen MR) is 69.2 cm³/mol. The summed E-state index contributed by atoms with van der Waals surface area (Å²) in [6.45, 7) is 1.03. The number of nitrogens with one attached hydrogen (secondary N) is 1. The van der Waals surface area contributed by atoms with Gasteiger partial charge in [-0.15, -0.1) is 0 Å². The van der Waals surface area contributed by atoms with Gasteiger partial charge in [0.25, 0.3) is 0 Å². The lowest BCUT2D eigenvalue weighted by atomic mass is 9.91. The quantitative estimate of drug-likeness (QED) is 0.743. The van der Waals surface area contributed by atoms with Gasteiger partial charge >= 0.3 is 0 Å². The molecule has 1 aromatic carbocycles. The van der Waals surface area contributed by atoms with E-state index in [-0.39, 0.29) is 19.4 Å². The lowest BCUT2D eigenvalue weighted by molar-refractivity contribution is -1.05. The number of rotatable bonds is 3. The topological polar surface area (TPSA) is 78.7 Å². The second-order valence-electron chi connectivity index (χ2n) is 5.06. The molecule has 1 aromatic rings. The first-order valence-corrected chi connectivity index (χ1v) is 6.53. The second kappa shape index (κ2) is 5.10. The standard InChI is InChI=1S/C13H18N2O5/c1-14-4-3-8-5-10-12(20-7-19-10)13(18-2)11(8)9(14)6-15(16)17/h5,9,15-16H,3-4,6-7H2,1-2H3/t9-/m0/s1. The highest BCUT2D eigenvalue weighted by molar-refractivity contribution is 5.61. The maximum atomic E-state index is 11.1. The van der Waals surface area contributed by atoms with E-state index >= 15 is 0 Å². The van der Waals surface area contributed by atoms with E-state index in [1.165, 1.54) is 0 Å². The molecular formula is C13H18N2O5. The smallest absolute Gasteiger partial charge is 0.231 e. The minimum Gasteiger partial charge on any atom is -0.600 e. The first kappa shape index (κ1) is 13.4. The van der Waals surface area contributed by atoms with Crippen molar-refractivity contribution in [3.05, 3.63) is 22.4 Å². The predicted octanol–water partition coefficient (Wildman–Crippen LogP) is -0.275. The number of ether oxygens (including phenoxy) is 3. The fraction of sp³-hybridized carbons (Fsp3) is 0.538. The first-order chi connectivity index (χ1) is 9.61. The molecule has 110 valence electrons. The van der Waals surface area contributed by atoms with Gasteiger partial charge in [0.05, 0.1) is 13.2 Å². The summed E-state index contributed by atoms with van der Waals surface area (Å²) in [4.78, 5) is 2.04. The average molecular weight is 282 g/mol. The molecule has 0 aliphatic carbocycles. The van der Waals surface area contributed by atoms with Gasteiger partial charge in [-0.3, -0.25) is 4.90 Å². The molecule has 0 amide bonds. The molecule has 2 aliphatic rings. The molecule has 0 aromatic heterocycles. The van der Waals surface area contributed by atoms with Crippen molar-refractivity contribution in [1.82, 2.24) is 4.90 Å². The fourth-order valence-electron chi connectivity index (χ4n) is 2.95. The third-order valence-corrected chi connectivity index (χ3v) is 3.91. The minimum atomic E-state index is -0.825. The minimum absolute atomic E-state index is 0.0412. The largest absolute Gasteiger partial charge is 0.600 e. The SMILES string of the molecule is COc1c2c(cc3c1[C@H](C[NH+]([O-])O)N(C)CC3)OCO2. The third-order valence-electron chi connectivity index (χ3n) is 3.91. The van der Waals surface area contributed by atoms with Crippen LogP contribution >= 0.6 is 0 Å². The van der Waals surface area contributed by atoms with Gasteiger partial charge in [-0.2, -0.15) is 0 Å². The maximum Gasteiger partial charge on any atom is 0.231 e. The Hall–Kier alpha value is -1.54. The highest BCUT2D eigenvalue weighted by Crippen LogP contribution is 2.48. The highest BCUT2D eigenvalue weighted by Gasteiger charge is 2.35. The molecule has 1 unspecified atom stereocenters. The summed E-state index contributed by atoms with van der Waals surface area (Å²) >= 11 is 0. The third kappa shape index (κ3) is 2.08. The molecule has 7 nitrogen and oxygen atoms in total. The number of methoxy groups -OCH3 is 1. The number of quaternary nitrogens is 1. The van der Waals surface area contributed by atoms with Gasteiger partial charge in [-0.1, -0.05) is 0 Å². The van der Waals surface area contributed by atoms with Gasteiger partial charge in [-0.25, -0.2) is 10.4 Å². The van der Waals surface area contributed by atoms with E-state index in [1.54, 1.807) is 7.11 Å². The van der Waals surface area contributed by atoms with Crippen molar-refractivity contribution in [2.24, 2.45) is 0 Å². The number of nitrogens with zero attached hydrogens (tertiary/aromatic N) is 1. The molecule has 0 bridgehead atoms. The number of fused-ring (bicyclic) bond motifs is 2. The summed E-state index contributed by atoms with van der Waals surface area (Å²) in [7, 11) is 3.50. The van der Waals surface area contributed by atoms with Crippen LogP contribution in [0.4, 0.5) is 0 Å². The van der Waals surface area contributed by atoms with E-state index in [1.807, 2.05) is 18.0 Å². The van der Waals surface area contributed by atoms with E-state index in [4.69, 9.17) is 19.4 Å². The van der Waals surface area contributed by atoms with Crippen molar-refractivity contribution in [2.45, 2.75) is 12.5 Å². The summed E-state index contributed by atoms with van der Waals surface area (Å²) in [5, 5.41) is 19.5. The van der Waals surface area contributed by atoms with Crippen LogP contribution in [0.1, 0.15) is 17.2 Å². The van der Waals surface area contributed by atoms with Crippen LogP contribution in [0.25, 0.3) is 0 Å². The van der Waals surface area contributed by atoms with E-state index < -0.39 is 5.23 Å². The zero-order chi connectivity index (χ0) is 14.3. The molecule has 0 fully saturated rings. The van der Waals surface area contributed by atoms with E-state index in [0.717, 1.165) is 24.1 Å². The molecule has 0 spiro atoms. The van der Waals surface area contributed by atoms with Gasteiger partial charge in [0.15, 0.2) is 11.5 Å². The highest BCUT2D eigenvalue weighted by atomic mass is 16.8. The molecule has 0 saturated carbocycles. The van der Waals surface area contributed by atoms with Crippen LogP contribution in [0.2, 0.25) is 0 Å². The summed E-state index contributed by atoms with van der Waals surface area (Å²) in [6.07, 6.45) is 0.842. The molecule has 2 aliphatic heterocycles. The number of hydrogen-bond donors (Lipinski definition) is 2. The summed E-state index contributed by atoms with van der Waals surface area (Å²) in [5.41, 5.74) is 1.99. The molecular weight excluding hydrogens is 264 g/mol. The zero-order valence-corrected chi connectivity index (χ0v) is 11.5. The van der Waals surface area contributed by atoms with Crippen molar-refractivity contribution in [3.8, 4) is 17.2 Å². The number of likely N-dealkylation sites (N-methyl/N-ethyl adjacent to an activating group) is 1. The Morgan fingerprint density at radius 1 is 1.55 bits per heavy atom. The van der Waals surface area contributed by atoms with Crippen LogP contribution < -0.4 is 19.4 Å². The fourth-order valence-corrected chi connectivity index (χ4v) is 2.95. The summed E-state index contributed by atoms with van der Waals surface area (Å²) in [6, 6.07) is 1.74. The van der Waals surface area contributed by atoms with Gasteiger partial charge < -0.3 is 19.4 Å². The van der Waals surface area contributed by atoms with Gasteiger partial charge in [-0.05, 0) is 25.1 Å². The first-order valence-electron chi connectivity index (χ1n) is 6.53. The van der Waals surface area contributed by atoms with Crippen LogP contribution in [0.15, 0.2) is 6.07 Å². The Morgan fingerprint density at radius 2 is 2.35 bits per heavy atom. The Labute approximate surface area is 116 Å². The van der Waals surface area contributed by atoms with Gasteiger partial charge in [0, 0.05) is 12.1 Å². The lowest BCUT2D eigenvalue weighted by Gasteiger charge is -2.36. The normalized spacial score (nSPS) is 22.5. The average Bonchev–Trinajstić information content (AvgIpc) is 2.87. The maximum absolute atomic E-state index is 11.1. The lowest BCUT2D eigenvalue weighted by Crippen LogP contribution is -3.05. The van der Waals surface area contributed by atoms with Gasteiger partial charge in [0.1, 0.15) is 6.54 Å². The van der Waals surface area contributed by atoms with Crippen LogP contribution in [-0.4, -0.2) is 44.1 Å². The number of hydroxylamine groups is 2. The van der Waals surface area contributed by atoms with Crippen molar-refractivity contribution < 1.29 is 24.6 Å². The van der Waals surface area contributed by atoms with Crippen molar-refractivity contribution in [3.63, 3.8) is 0 Å².